The number of benzene rings is 1. The second-order valence-corrected chi connectivity index (χ2v) is 4.28. The van der Waals surface area contributed by atoms with E-state index < -0.39 is 0 Å². The van der Waals surface area contributed by atoms with Crippen LogP contribution in [0.4, 0.5) is 0 Å². The van der Waals surface area contributed by atoms with Crippen LogP contribution in [0, 0.1) is 6.92 Å². The van der Waals surface area contributed by atoms with Crippen molar-refractivity contribution < 1.29 is 4.74 Å². The van der Waals surface area contributed by atoms with Crippen molar-refractivity contribution in [2.24, 2.45) is 0 Å². The summed E-state index contributed by atoms with van der Waals surface area (Å²) in [5.74, 6) is 0.883. The molecule has 0 aliphatic carbocycles. The Morgan fingerprint density at radius 2 is 2.00 bits per heavy atom. The molecule has 3 rings (SSSR count). The molecule has 2 heterocycles. The fraction of sp³-hybridized carbons (Fsp3) is 0.133. The minimum absolute atomic E-state index is 0.569. The standard InChI is InChI=1S/C15H14N2O/c1-11-9-17-13-7-8-16-14(13)15(11)18-10-12-5-3-2-4-6-12/h2-9,16H,10H2,1H3. The van der Waals surface area contributed by atoms with Crippen LogP contribution in [0.15, 0.2) is 48.8 Å². The molecule has 0 amide bonds. The summed E-state index contributed by atoms with van der Waals surface area (Å²) in [5, 5.41) is 0. The number of ether oxygens (including phenoxy) is 1. The molecular weight excluding hydrogens is 224 g/mol. The SMILES string of the molecule is Cc1cnc2cc[nH]c2c1OCc1ccccc1. The quantitative estimate of drug-likeness (QED) is 0.759. The second-order valence-electron chi connectivity index (χ2n) is 4.28. The molecule has 0 unspecified atom stereocenters. The van der Waals surface area contributed by atoms with E-state index in [0.29, 0.717) is 6.61 Å². The highest BCUT2D eigenvalue weighted by Gasteiger charge is 2.08. The number of H-pyrrole nitrogens is 1. The molecular formula is C15H14N2O. The zero-order chi connectivity index (χ0) is 12.4. The first kappa shape index (κ1) is 10.8. The van der Waals surface area contributed by atoms with Gasteiger partial charge in [-0.2, -0.15) is 0 Å². The van der Waals surface area contributed by atoms with Gasteiger partial charge < -0.3 is 9.72 Å². The van der Waals surface area contributed by atoms with Crippen LogP contribution in [-0.2, 0) is 6.61 Å². The molecule has 90 valence electrons. The lowest BCUT2D eigenvalue weighted by molar-refractivity contribution is 0.307. The molecule has 0 bridgehead atoms. The Kier molecular flexibility index (Phi) is 2.73. The highest BCUT2D eigenvalue weighted by Crippen LogP contribution is 2.27. The zero-order valence-corrected chi connectivity index (χ0v) is 10.2. The molecule has 0 spiro atoms. The van der Waals surface area contributed by atoms with Gasteiger partial charge in [-0.05, 0) is 18.6 Å². The Labute approximate surface area is 105 Å². The van der Waals surface area contributed by atoms with Crippen LogP contribution in [0.25, 0.3) is 11.0 Å². The average Bonchev–Trinajstić information content (AvgIpc) is 2.87. The molecule has 3 heteroatoms. The number of nitrogens with zero attached hydrogens (tertiary/aromatic N) is 1. The zero-order valence-electron chi connectivity index (χ0n) is 10.2. The molecule has 2 aromatic heterocycles. The monoisotopic (exact) mass is 238 g/mol. The topological polar surface area (TPSA) is 37.9 Å². The predicted octanol–water partition coefficient (Wildman–Crippen LogP) is 3.45. The third kappa shape index (κ3) is 1.95. The van der Waals surface area contributed by atoms with Crippen molar-refractivity contribution >= 4 is 11.0 Å². The van der Waals surface area contributed by atoms with E-state index in [2.05, 4.69) is 22.1 Å². The molecule has 0 fully saturated rings. The van der Waals surface area contributed by atoms with Crippen molar-refractivity contribution in [2.45, 2.75) is 13.5 Å². The van der Waals surface area contributed by atoms with Gasteiger partial charge in [0.1, 0.15) is 17.9 Å². The molecule has 0 aliphatic rings. The normalized spacial score (nSPS) is 10.7. The van der Waals surface area contributed by atoms with E-state index >= 15 is 0 Å². The summed E-state index contributed by atoms with van der Waals surface area (Å²) in [5.41, 5.74) is 4.10. The molecule has 0 radical (unpaired) electrons. The van der Waals surface area contributed by atoms with Gasteiger partial charge in [0.2, 0.25) is 0 Å². The fourth-order valence-electron chi connectivity index (χ4n) is 1.99. The lowest BCUT2D eigenvalue weighted by Crippen LogP contribution is -1.98. The molecule has 0 saturated carbocycles. The van der Waals surface area contributed by atoms with Gasteiger partial charge in [-0.1, -0.05) is 30.3 Å². The molecule has 18 heavy (non-hydrogen) atoms. The second kappa shape index (κ2) is 4.53. The first-order valence-corrected chi connectivity index (χ1v) is 5.94. The summed E-state index contributed by atoms with van der Waals surface area (Å²) in [7, 11) is 0. The smallest absolute Gasteiger partial charge is 0.149 e. The molecule has 3 aromatic rings. The molecule has 0 atom stereocenters. The van der Waals surface area contributed by atoms with E-state index in [4.69, 9.17) is 4.74 Å². The van der Waals surface area contributed by atoms with Gasteiger partial charge in [-0.3, -0.25) is 4.98 Å². The van der Waals surface area contributed by atoms with Crippen molar-refractivity contribution in [1.29, 1.82) is 0 Å². The number of hydrogen-bond donors (Lipinski definition) is 1. The van der Waals surface area contributed by atoms with Crippen molar-refractivity contribution in [2.75, 3.05) is 0 Å². The van der Waals surface area contributed by atoms with Gasteiger partial charge in [-0.25, -0.2) is 0 Å². The van der Waals surface area contributed by atoms with E-state index in [0.717, 1.165) is 27.9 Å². The van der Waals surface area contributed by atoms with Gasteiger partial charge in [0, 0.05) is 18.0 Å². The molecule has 1 aromatic carbocycles. The minimum Gasteiger partial charge on any atom is -0.486 e. The first-order valence-electron chi connectivity index (χ1n) is 5.94. The van der Waals surface area contributed by atoms with Crippen LogP contribution >= 0.6 is 0 Å². The van der Waals surface area contributed by atoms with E-state index in [1.807, 2.05) is 43.6 Å². The van der Waals surface area contributed by atoms with Crippen LogP contribution in [0.1, 0.15) is 11.1 Å². The number of aryl methyl sites for hydroxylation is 1. The highest BCUT2D eigenvalue weighted by atomic mass is 16.5. The largest absolute Gasteiger partial charge is 0.486 e. The van der Waals surface area contributed by atoms with Crippen LogP contribution in [0.5, 0.6) is 5.75 Å². The Hall–Kier alpha value is -2.29. The van der Waals surface area contributed by atoms with E-state index in [1.165, 1.54) is 0 Å². The van der Waals surface area contributed by atoms with Crippen LogP contribution < -0.4 is 4.74 Å². The van der Waals surface area contributed by atoms with E-state index in [-0.39, 0.29) is 0 Å². The van der Waals surface area contributed by atoms with E-state index in [9.17, 15) is 0 Å². The predicted molar refractivity (Wildman–Crippen MR) is 71.6 cm³/mol. The van der Waals surface area contributed by atoms with Gasteiger partial charge in [0.15, 0.2) is 0 Å². The number of rotatable bonds is 3. The summed E-state index contributed by atoms with van der Waals surface area (Å²) >= 11 is 0. The van der Waals surface area contributed by atoms with Gasteiger partial charge >= 0.3 is 0 Å². The Balaban J connectivity index is 1.90. The number of hydrogen-bond acceptors (Lipinski definition) is 2. The number of fused-ring (bicyclic) bond motifs is 1. The average molecular weight is 238 g/mol. The fourth-order valence-corrected chi connectivity index (χ4v) is 1.99. The number of pyridine rings is 1. The van der Waals surface area contributed by atoms with Crippen molar-refractivity contribution in [3.63, 3.8) is 0 Å². The third-order valence-electron chi connectivity index (χ3n) is 2.93. The van der Waals surface area contributed by atoms with Crippen LogP contribution in [0.3, 0.4) is 0 Å². The first-order chi connectivity index (χ1) is 8.84. The van der Waals surface area contributed by atoms with Crippen LogP contribution in [0.2, 0.25) is 0 Å². The minimum atomic E-state index is 0.569. The maximum absolute atomic E-state index is 5.92. The molecule has 1 N–H and O–H groups in total. The molecule has 0 aliphatic heterocycles. The lowest BCUT2D eigenvalue weighted by Gasteiger charge is -2.10. The summed E-state index contributed by atoms with van der Waals surface area (Å²) < 4.78 is 5.92. The lowest BCUT2D eigenvalue weighted by atomic mass is 10.2. The number of aromatic nitrogens is 2. The van der Waals surface area contributed by atoms with Crippen molar-refractivity contribution in [1.82, 2.24) is 9.97 Å². The Morgan fingerprint density at radius 1 is 1.17 bits per heavy atom. The summed E-state index contributed by atoms with van der Waals surface area (Å²) in [6.45, 7) is 2.58. The number of aromatic amines is 1. The Morgan fingerprint density at radius 3 is 2.83 bits per heavy atom. The molecule has 0 saturated heterocycles. The highest BCUT2D eigenvalue weighted by molar-refractivity contribution is 5.82. The third-order valence-corrected chi connectivity index (χ3v) is 2.93. The van der Waals surface area contributed by atoms with E-state index in [1.54, 1.807) is 0 Å². The summed E-state index contributed by atoms with van der Waals surface area (Å²) in [4.78, 5) is 7.52. The van der Waals surface area contributed by atoms with Gasteiger partial charge in [0.25, 0.3) is 0 Å². The van der Waals surface area contributed by atoms with Crippen molar-refractivity contribution in [3.05, 3.63) is 59.9 Å². The van der Waals surface area contributed by atoms with Gasteiger partial charge in [0.05, 0.1) is 5.52 Å². The Bertz CT molecular complexity index is 659. The number of nitrogens with one attached hydrogen (secondary N) is 1. The maximum atomic E-state index is 5.92. The maximum Gasteiger partial charge on any atom is 0.149 e. The summed E-state index contributed by atoms with van der Waals surface area (Å²) in [6.07, 6.45) is 3.73. The molecule has 3 nitrogen and oxygen atoms in total. The summed E-state index contributed by atoms with van der Waals surface area (Å²) in [6, 6.07) is 12.1. The van der Waals surface area contributed by atoms with Crippen LogP contribution in [-0.4, -0.2) is 9.97 Å². The van der Waals surface area contributed by atoms with Gasteiger partial charge in [-0.15, -0.1) is 0 Å². The van der Waals surface area contributed by atoms with Crippen molar-refractivity contribution in [3.8, 4) is 5.75 Å².